The van der Waals surface area contributed by atoms with Crippen molar-refractivity contribution in [3.8, 4) is 5.75 Å². The van der Waals surface area contributed by atoms with Crippen molar-refractivity contribution in [2.24, 2.45) is 0 Å². The molecule has 1 aliphatic heterocycles. The van der Waals surface area contributed by atoms with Gasteiger partial charge in [0, 0.05) is 42.5 Å². The molecule has 2 heterocycles. The number of hydrogen-bond acceptors (Lipinski definition) is 8. The lowest BCUT2D eigenvalue weighted by Crippen LogP contribution is -2.38. The second-order valence-electron chi connectivity index (χ2n) is 7.52. The summed E-state index contributed by atoms with van der Waals surface area (Å²) in [6.45, 7) is 5.77. The molecule has 11 nitrogen and oxygen atoms in total. The van der Waals surface area contributed by atoms with Crippen LogP contribution in [0.2, 0.25) is 0 Å². The van der Waals surface area contributed by atoms with E-state index < -0.39 is 10.0 Å². The Kier molecular flexibility index (Phi) is 7.92. The number of ether oxygens (including phenoxy) is 2. The van der Waals surface area contributed by atoms with Crippen LogP contribution in [0.3, 0.4) is 0 Å². The van der Waals surface area contributed by atoms with Crippen molar-refractivity contribution in [3.05, 3.63) is 39.8 Å². The molecule has 1 saturated heterocycles. The van der Waals surface area contributed by atoms with Gasteiger partial charge in [0.25, 0.3) is 5.56 Å². The molecule has 1 amide bonds. The van der Waals surface area contributed by atoms with Crippen molar-refractivity contribution in [2.75, 3.05) is 54.1 Å². The number of sulfonamides is 1. The summed E-state index contributed by atoms with van der Waals surface area (Å²) in [5, 5.41) is 2.74. The predicted molar refractivity (Wildman–Crippen MR) is 126 cm³/mol. The third kappa shape index (κ3) is 6.45. The fourth-order valence-corrected chi connectivity index (χ4v) is 4.02. The number of aromatic nitrogens is 2. The Labute approximate surface area is 192 Å². The third-order valence-electron chi connectivity index (χ3n) is 5.25. The average Bonchev–Trinajstić information content (AvgIpc) is 2.79. The molecule has 0 bridgehead atoms. The zero-order valence-corrected chi connectivity index (χ0v) is 19.8. The number of aromatic amines is 1. The van der Waals surface area contributed by atoms with Gasteiger partial charge in [0.2, 0.25) is 21.9 Å². The molecule has 0 saturated carbocycles. The van der Waals surface area contributed by atoms with Crippen LogP contribution >= 0.6 is 0 Å². The van der Waals surface area contributed by atoms with Gasteiger partial charge in [-0.25, -0.2) is 13.4 Å². The maximum Gasteiger partial charge on any atom is 0.255 e. The molecule has 0 atom stereocenters. The van der Waals surface area contributed by atoms with Crippen LogP contribution in [0.5, 0.6) is 5.75 Å². The van der Waals surface area contributed by atoms with E-state index in [4.69, 9.17) is 9.47 Å². The van der Waals surface area contributed by atoms with Gasteiger partial charge >= 0.3 is 0 Å². The minimum absolute atomic E-state index is 0.0739. The number of nitrogens with one attached hydrogen (secondary N) is 3. The van der Waals surface area contributed by atoms with Crippen LogP contribution in [0, 0.1) is 6.92 Å². The molecule has 2 aromatic rings. The molecule has 1 aromatic heterocycles. The number of carbonyl (C=O) groups is 1. The van der Waals surface area contributed by atoms with E-state index in [1.165, 1.54) is 26.2 Å². The Balaban J connectivity index is 1.64. The summed E-state index contributed by atoms with van der Waals surface area (Å²) in [5.41, 5.74) is 1.52. The Hall–Kier alpha value is -3.12. The topological polar surface area (TPSA) is 143 Å². The Morgan fingerprint density at radius 1 is 1.30 bits per heavy atom. The number of methoxy groups -OCH3 is 1. The molecular formula is C21H29N5O6S. The third-order valence-corrected chi connectivity index (χ3v) is 6.54. The standard InChI is InChI=1S/C21H29N5O6S/c1-4-33(29,30)25-17-7-5-15(13-18(17)31-3)23-19(27)8-6-16-14(2)22-21(24-20(16)28)26-9-11-32-12-10-26/h5,7,13,25H,4,6,8-12H2,1-3H3,(H,23,27)(H,22,24,28). The Bertz CT molecular complexity index is 1160. The summed E-state index contributed by atoms with van der Waals surface area (Å²) in [4.78, 5) is 34.3. The summed E-state index contributed by atoms with van der Waals surface area (Å²) in [7, 11) is -2.05. The van der Waals surface area contributed by atoms with Crippen molar-refractivity contribution in [1.29, 1.82) is 0 Å². The number of H-pyrrole nitrogens is 1. The molecule has 0 spiro atoms. The summed E-state index contributed by atoms with van der Waals surface area (Å²) < 4.78 is 36.6. The van der Waals surface area contributed by atoms with Crippen LogP contribution < -0.4 is 25.2 Å². The Morgan fingerprint density at radius 2 is 2.03 bits per heavy atom. The van der Waals surface area contributed by atoms with Gasteiger partial charge in [0.05, 0.1) is 31.8 Å². The number of amides is 1. The second kappa shape index (κ2) is 10.7. The van der Waals surface area contributed by atoms with Crippen LogP contribution in [0.1, 0.15) is 24.6 Å². The van der Waals surface area contributed by atoms with E-state index in [-0.39, 0.29) is 41.5 Å². The molecule has 12 heteroatoms. The normalized spacial score (nSPS) is 14.1. The smallest absolute Gasteiger partial charge is 0.255 e. The quantitative estimate of drug-likeness (QED) is 0.488. The minimum Gasteiger partial charge on any atom is -0.494 e. The van der Waals surface area contributed by atoms with E-state index in [0.29, 0.717) is 49.2 Å². The molecular weight excluding hydrogens is 450 g/mol. The van der Waals surface area contributed by atoms with E-state index in [1.807, 2.05) is 4.90 Å². The highest BCUT2D eigenvalue weighted by molar-refractivity contribution is 7.92. The van der Waals surface area contributed by atoms with Gasteiger partial charge < -0.3 is 19.7 Å². The monoisotopic (exact) mass is 479 g/mol. The first-order chi connectivity index (χ1) is 15.7. The number of morpholine rings is 1. The van der Waals surface area contributed by atoms with Crippen molar-refractivity contribution in [3.63, 3.8) is 0 Å². The fourth-order valence-electron chi connectivity index (χ4n) is 3.37. The predicted octanol–water partition coefficient (Wildman–Crippen LogP) is 1.26. The fraction of sp³-hybridized carbons (Fsp3) is 0.476. The average molecular weight is 480 g/mol. The Morgan fingerprint density at radius 3 is 2.67 bits per heavy atom. The molecule has 33 heavy (non-hydrogen) atoms. The van der Waals surface area contributed by atoms with Gasteiger partial charge in [-0.05, 0) is 32.4 Å². The minimum atomic E-state index is -3.46. The van der Waals surface area contributed by atoms with E-state index in [9.17, 15) is 18.0 Å². The van der Waals surface area contributed by atoms with Crippen LogP contribution in [0.4, 0.5) is 17.3 Å². The number of rotatable bonds is 9. The molecule has 0 radical (unpaired) electrons. The molecule has 0 unspecified atom stereocenters. The number of benzene rings is 1. The maximum atomic E-state index is 12.6. The zero-order valence-electron chi connectivity index (χ0n) is 18.9. The van der Waals surface area contributed by atoms with E-state index in [2.05, 4.69) is 20.0 Å². The van der Waals surface area contributed by atoms with Crippen molar-refractivity contribution in [2.45, 2.75) is 26.7 Å². The van der Waals surface area contributed by atoms with Gasteiger partial charge in [0.15, 0.2) is 0 Å². The maximum absolute atomic E-state index is 12.6. The second-order valence-corrected chi connectivity index (χ2v) is 9.53. The summed E-state index contributed by atoms with van der Waals surface area (Å²) >= 11 is 0. The van der Waals surface area contributed by atoms with Gasteiger partial charge in [-0.15, -0.1) is 0 Å². The zero-order chi connectivity index (χ0) is 24.0. The molecule has 3 N–H and O–H groups in total. The SMILES string of the molecule is CCS(=O)(=O)Nc1ccc(NC(=O)CCc2c(C)nc(N3CCOCC3)[nH]c2=O)cc1OC. The highest BCUT2D eigenvalue weighted by Gasteiger charge is 2.17. The lowest BCUT2D eigenvalue weighted by Gasteiger charge is -2.27. The molecule has 180 valence electrons. The number of aryl methyl sites for hydroxylation is 1. The van der Waals surface area contributed by atoms with Crippen LogP contribution in [-0.2, 0) is 26.0 Å². The highest BCUT2D eigenvalue weighted by atomic mass is 32.2. The summed E-state index contributed by atoms with van der Waals surface area (Å²) in [5.74, 6) is 0.421. The lowest BCUT2D eigenvalue weighted by atomic mass is 10.1. The first-order valence-corrected chi connectivity index (χ1v) is 12.3. The van der Waals surface area contributed by atoms with Crippen molar-refractivity contribution < 1.29 is 22.7 Å². The van der Waals surface area contributed by atoms with Gasteiger partial charge in [0.1, 0.15) is 5.75 Å². The summed E-state index contributed by atoms with van der Waals surface area (Å²) in [6, 6.07) is 4.62. The number of hydrogen-bond donors (Lipinski definition) is 3. The van der Waals surface area contributed by atoms with Crippen LogP contribution in [-0.4, -0.2) is 63.5 Å². The van der Waals surface area contributed by atoms with Crippen LogP contribution in [0.25, 0.3) is 0 Å². The molecule has 1 fully saturated rings. The number of anilines is 3. The first-order valence-electron chi connectivity index (χ1n) is 10.6. The molecule has 0 aliphatic carbocycles. The van der Waals surface area contributed by atoms with Gasteiger partial charge in [-0.3, -0.25) is 19.3 Å². The van der Waals surface area contributed by atoms with Crippen molar-refractivity contribution >= 4 is 33.3 Å². The van der Waals surface area contributed by atoms with Crippen LogP contribution in [0.15, 0.2) is 23.0 Å². The van der Waals surface area contributed by atoms with Gasteiger partial charge in [-0.1, -0.05) is 0 Å². The molecule has 1 aliphatic rings. The molecule has 3 rings (SSSR count). The summed E-state index contributed by atoms with van der Waals surface area (Å²) in [6.07, 6.45) is 0.309. The highest BCUT2D eigenvalue weighted by Crippen LogP contribution is 2.29. The number of carbonyl (C=O) groups excluding carboxylic acids is 1. The number of nitrogens with zero attached hydrogens (tertiary/aromatic N) is 2. The van der Waals surface area contributed by atoms with E-state index in [1.54, 1.807) is 13.0 Å². The first kappa shape index (κ1) is 24.5. The largest absolute Gasteiger partial charge is 0.494 e. The lowest BCUT2D eigenvalue weighted by molar-refractivity contribution is -0.116. The van der Waals surface area contributed by atoms with E-state index in [0.717, 1.165) is 0 Å². The van der Waals surface area contributed by atoms with E-state index >= 15 is 0 Å². The van der Waals surface area contributed by atoms with Gasteiger partial charge in [-0.2, -0.15) is 0 Å². The van der Waals surface area contributed by atoms with Crippen molar-refractivity contribution in [1.82, 2.24) is 9.97 Å². The molecule has 1 aromatic carbocycles.